The quantitative estimate of drug-likeness (QED) is 0.0337. The fraction of sp³-hybridized carbons (Fsp3) is 0.270. The molecule has 0 saturated heterocycles. The van der Waals surface area contributed by atoms with Gasteiger partial charge in [0.2, 0.25) is 0 Å². The largest absolute Gasteiger partial charge is 1.00 e. The first-order valence-corrected chi connectivity index (χ1v) is 60.5. The van der Waals surface area contributed by atoms with Crippen LogP contribution < -0.4 is 80.8 Å². The van der Waals surface area contributed by atoms with E-state index < -0.39 is 64.5 Å². The highest BCUT2D eigenvalue weighted by Gasteiger charge is 2.73. The molecule has 0 heterocycles. The molecule has 0 aliphatic rings. The number of halogens is 10. The van der Waals surface area contributed by atoms with Gasteiger partial charge in [-0.15, -0.1) is 0 Å². The van der Waals surface area contributed by atoms with Gasteiger partial charge in [-0.1, -0.05) is 324 Å². The third kappa shape index (κ3) is 44.8. The Labute approximate surface area is 895 Å². The molecule has 14 aromatic rings. The molecule has 0 amide bonds. The summed E-state index contributed by atoms with van der Waals surface area (Å²) in [5, 5.41) is -6.35. The molecule has 0 unspecified atom stereocenters. The SMILES string of the molecule is CC(C)(C)c1ccc([I+]c2ccc(C(C)(C)C)cc2)cc1.CC(C)(C)c1ccc([I+]c2ccc(C(C)(C)C)cc2)cc1.CC(C)(C)c1ccc([I+]c2ccc(C(C)(C)C)cc2)cc1.CC(F)(F)C(F)(F)C(F)(F)S(=O)(=O)[O-].CS(=O)(=O)[O-].CS(=O)(=O)[O-].Cc1ccc(S(=O)(=O)[O-])cc1.[Cl-].c1ccc(Oc2ccc([S+](c3ccccc3)c3ccccc3)cc2)cc1.c1ccc([S+](c2ccccc2)c2ccccc2)cc1. The number of aryl methyl sites for hydroxylation is 1. The van der Waals surface area contributed by atoms with E-state index in [0.29, 0.717) is 12.5 Å². The molecule has 0 fully saturated rings. The molecule has 0 radical (unpaired) electrons. The Balaban J connectivity index is 0.000000294. The second kappa shape index (κ2) is 55.5. The fourth-order valence-electron chi connectivity index (χ4n) is 12.4. The Morgan fingerprint density at radius 2 is 0.424 bits per heavy atom. The van der Waals surface area contributed by atoms with Crippen LogP contribution in [-0.2, 0) is 94.8 Å². The Morgan fingerprint density at radius 1 is 0.250 bits per heavy atom. The average molecular weight is 2440 g/mol. The van der Waals surface area contributed by atoms with Crippen LogP contribution in [0.4, 0.5) is 26.3 Å². The maximum atomic E-state index is 12.1. The minimum atomic E-state index is -6.86. The highest BCUT2D eigenvalue weighted by atomic mass is 127. The van der Waals surface area contributed by atoms with Crippen molar-refractivity contribution in [1.82, 2.24) is 0 Å². The Morgan fingerprint density at radius 3 is 0.583 bits per heavy atom. The van der Waals surface area contributed by atoms with Gasteiger partial charge in [0.25, 0.3) is 0 Å². The van der Waals surface area contributed by atoms with Gasteiger partial charge in [-0.3, -0.25) is 0 Å². The van der Waals surface area contributed by atoms with Crippen LogP contribution in [0.25, 0.3) is 0 Å². The van der Waals surface area contributed by atoms with Crippen molar-refractivity contribution in [3.05, 3.63) is 436 Å². The molecule has 0 saturated carbocycles. The lowest BCUT2D eigenvalue weighted by molar-refractivity contribution is -0.597. The second-order valence-electron chi connectivity index (χ2n) is 39.0. The maximum absolute atomic E-state index is 12.1. The molecule has 0 N–H and O–H groups in total. The van der Waals surface area contributed by atoms with E-state index >= 15 is 0 Å². The van der Waals surface area contributed by atoms with E-state index in [4.69, 9.17) is 30.7 Å². The predicted octanol–water partition coefficient (Wildman–Crippen LogP) is 16.2. The molecule has 144 heavy (non-hydrogen) atoms. The summed E-state index contributed by atoms with van der Waals surface area (Å²) in [6, 6.07) is 133. The first-order valence-electron chi connectivity index (χ1n) is 45.2. The number of hydrogen-bond donors (Lipinski definition) is 0. The molecule has 29 heteroatoms. The first-order chi connectivity index (χ1) is 66.1. The monoisotopic (exact) mass is 2440 g/mol. The summed E-state index contributed by atoms with van der Waals surface area (Å²) in [7, 11) is -19.1. The summed E-state index contributed by atoms with van der Waals surface area (Å²) in [4.78, 5) is 7.82. The predicted molar refractivity (Wildman–Crippen MR) is 553 cm³/mol. The van der Waals surface area contributed by atoms with Crippen LogP contribution in [0.1, 0.15) is 170 Å². The minimum absolute atomic E-state index is 0. The van der Waals surface area contributed by atoms with Gasteiger partial charge in [0.15, 0.2) is 60.9 Å². The summed E-state index contributed by atoms with van der Waals surface area (Å²) in [5.74, 6) is -9.87. The topological polar surface area (TPSA) is 238 Å². The molecule has 772 valence electrons. The summed E-state index contributed by atoms with van der Waals surface area (Å²) < 4.78 is 202. The lowest BCUT2D eigenvalue weighted by atomic mass is 9.87. The van der Waals surface area contributed by atoms with E-state index in [1.807, 2.05) is 49.4 Å². The van der Waals surface area contributed by atoms with Crippen molar-refractivity contribution in [3.8, 4) is 11.5 Å². The van der Waals surface area contributed by atoms with Crippen molar-refractivity contribution >= 4 is 62.3 Å². The van der Waals surface area contributed by atoms with Crippen LogP contribution in [0.5, 0.6) is 11.5 Å². The third-order valence-corrected chi connectivity index (χ3v) is 34.6. The van der Waals surface area contributed by atoms with Crippen molar-refractivity contribution in [3.63, 3.8) is 0 Å². The molecule has 0 spiro atoms. The van der Waals surface area contributed by atoms with Crippen LogP contribution in [0, 0.1) is 28.3 Å². The van der Waals surface area contributed by atoms with Gasteiger partial charge in [-0.2, -0.15) is 26.3 Å². The van der Waals surface area contributed by atoms with Crippen LogP contribution >= 0.6 is 0 Å². The molecule has 14 aromatic carbocycles. The van der Waals surface area contributed by atoms with Crippen LogP contribution in [-0.4, -0.2) is 81.5 Å². The fourth-order valence-corrected chi connectivity index (χ4v) is 24.1. The maximum Gasteiger partial charge on any atom is 0.402 e. The molecule has 0 aromatic heterocycles. The van der Waals surface area contributed by atoms with Crippen LogP contribution in [0.15, 0.2) is 410 Å². The van der Waals surface area contributed by atoms with Crippen molar-refractivity contribution in [2.75, 3.05) is 12.5 Å². The summed E-state index contributed by atoms with van der Waals surface area (Å²) >= 11 is -0.211. The lowest BCUT2D eigenvalue weighted by Gasteiger charge is -2.31. The third-order valence-electron chi connectivity index (χ3n) is 20.4. The summed E-state index contributed by atoms with van der Waals surface area (Å²) in [6.45, 7) is 42.0. The van der Waals surface area contributed by atoms with Gasteiger partial charge >= 0.3 is 80.7 Å². The highest BCUT2D eigenvalue weighted by molar-refractivity contribution is 7.97. The van der Waals surface area contributed by atoms with Gasteiger partial charge in [-0.05, 0) is 255 Å². The zero-order valence-electron chi connectivity index (χ0n) is 84.8. The van der Waals surface area contributed by atoms with Crippen molar-refractivity contribution in [2.24, 2.45) is 0 Å². The normalized spacial score (nSPS) is 12.0. The van der Waals surface area contributed by atoms with Crippen LogP contribution in [0.2, 0.25) is 0 Å². The lowest BCUT2D eigenvalue weighted by Crippen LogP contribution is -3.61. The second-order valence-corrected chi connectivity index (χ2v) is 57.8. The number of alkyl halides is 6. The standard InChI is InChI=1S/C24H19OS.3C20H26I.C18H15S.C7H8O3S.C4H4F6O3S.2CH4O3S.ClH/c1-4-10-20(11-5-1)25-21-16-18-24(19-17-21)26(22-12-6-2-7-13-22)23-14-8-3-9-15-23;3*1-19(2,3)15-7-11-17(12-8-15)21-18-13-9-16(10-14-18)20(4,5)6;1-4-10-16(11-5-1)19(17-12-6-2-7-13-17)18-14-8-3-9-15-18;1-6-2-4-7(5-3-6)11(8,9)10;1-2(5,6)3(7,8)4(9,10)14(11,12)13;2*1-5(2,3)4;/h1-19H;3*7-14H,1-6H3;1-15H;2-5H,1H3,(H,8,9,10);1H3,(H,11,12,13);2*1H3,(H,2,3,4);1H/q5*+1;;;;;/p-5. The minimum Gasteiger partial charge on any atom is -1.00 e. The molecule has 0 atom stereocenters. The summed E-state index contributed by atoms with van der Waals surface area (Å²) in [5.41, 5.74) is 10.9. The Hall–Kier alpha value is -8.72. The van der Waals surface area contributed by atoms with Crippen LogP contribution in [0.3, 0.4) is 0 Å². The van der Waals surface area contributed by atoms with E-state index in [2.05, 4.69) is 434 Å². The molecule has 0 aliphatic heterocycles. The zero-order valence-corrected chi connectivity index (χ0v) is 97.0. The number of para-hydroxylation sites is 1. The average Bonchev–Trinajstić information content (AvgIpc) is 0.747. The van der Waals surface area contributed by atoms with E-state index in [9.17, 15) is 52.3 Å². The molecular formula is C115H128ClF6I3O13S6. The van der Waals surface area contributed by atoms with E-state index in [-0.39, 0.29) is 135 Å². The van der Waals surface area contributed by atoms with E-state index in [1.165, 1.54) is 96.3 Å². The van der Waals surface area contributed by atoms with Gasteiger partial charge in [0.05, 0.1) is 46.9 Å². The Kier molecular flexibility index (Phi) is 48.5. The molecule has 14 rings (SSSR count). The number of hydrogen-bond acceptors (Lipinski definition) is 13. The van der Waals surface area contributed by atoms with Crippen molar-refractivity contribution < 1.29 is 159 Å². The van der Waals surface area contributed by atoms with Gasteiger partial charge in [-0.25, -0.2) is 33.7 Å². The van der Waals surface area contributed by atoms with Crippen molar-refractivity contribution in [2.45, 2.75) is 222 Å². The first kappa shape index (κ1) is 126. The van der Waals surface area contributed by atoms with E-state index in [1.54, 1.807) is 12.1 Å². The highest BCUT2D eigenvalue weighted by Crippen LogP contribution is 2.48. The Bertz CT molecular complexity index is 6060. The van der Waals surface area contributed by atoms with Gasteiger partial charge < -0.3 is 35.4 Å². The molecule has 0 aliphatic carbocycles. The smallest absolute Gasteiger partial charge is 0.402 e. The molecule has 13 nitrogen and oxygen atoms in total. The molecular weight excluding hydrogens is 2310 g/mol. The number of ether oxygens (including phenoxy) is 1. The molecule has 0 bridgehead atoms. The van der Waals surface area contributed by atoms with Gasteiger partial charge in [0.1, 0.15) is 21.6 Å². The van der Waals surface area contributed by atoms with E-state index in [0.717, 1.165) is 17.1 Å². The van der Waals surface area contributed by atoms with Gasteiger partial charge in [0, 0.05) is 19.4 Å². The number of benzene rings is 14. The number of rotatable bonds is 18. The zero-order chi connectivity index (χ0) is 107. The summed E-state index contributed by atoms with van der Waals surface area (Å²) in [6.07, 6.45) is 1.21. The van der Waals surface area contributed by atoms with Crippen molar-refractivity contribution in [1.29, 1.82) is 0 Å².